The lowest BCUT2D eigenvalue weighted by molar-refractivity contribution is 0.0256. The third kappa shape index (κ3) is 3.35. The second kappa shape index (κ2) is 7.25. The van der Waals surface area contributed by atoms with Crippen LogP contribution in [0.15, 0.2) is 54.6 Å². The Hall–Kier alpha value is -2.39. The average molecular weight is 307 g/mol. The van der Waals surface area contributed by atoms with E-state index in [9.17, 15) is 4.79 Å². The first kappa shape index (κ1) is 15.5. The highest BCUT2D eigenvalue weighted by Gasteiger charge is 2.27. The van der Waals surface area contributed by atoms with Crippen LogP contribution in [0, 0.1) is 0 Å². The van der Waals surface area contributed by atoms with E-state index < -0.39 is 0 Å². The van der Waals surface area contributed by atoms with Crippen LogP contribution in [0.2, 0.25) is 0 Å². The monoisotopic (exact) mass is 307 g/mol. The predicted molar refractivity (Wildman–Crippen MR) is 94.4 cm³/mol. The quantitative estimate of drug-likeness (QED) is 0.306. The minimum Gasteiger partial charge on any atom is -0.195 e. The SMILES string of the molecule is CCCCCNOC(=[O+])c1c2ccccc2cc2ccccc12. The van der Waals surface area contributed by atoms with E-state index >= 15 is 0 Å². The molecule has 0 heterocycles. The fraction of sp³-hybridized carbons (Fsp3) is 0.250. The number of unbranched alkanes of at least 4 members (excludes halogenated alkanes) is 2. The molecule has 3 nitrogen and oxygen atoms in total. The van der Waals surface area contributed by atoms with Gasteiger partial charge in [-0.25, -0.2) is 0 Å². The fourth-order valence-corrected chi connectivity index (χ4v) is 2.85. The average Bonchev–Trinajstić information content (AvgIpc) is 2.59. The molecule has 1 radical (unpaired) electrons. The van der Waals surface area contributed by atoms with E-state index in [1.807, 2.05) is 48.5 Å². The third-order valence-corrected chi connectivity index (χ3v) is 4.02. The number of fused-ring (bicyclic) bond motifs is 2. The fourth-order valence-electron chi connectivity index (χ4n) is 2.85. The van der Waals surface area contributed by atoms with Gasteiger partial charge >= 0.3 is 5.97 Å². The minimum atomic E-state index is -0.325. The minimum absolute atomic E-state index is 0.325. The number of hydrogen-bond donors (Lipinski definition) is 1. The van der Waals surface area contributed by atoms with Crippen LogP contribution in [-0.2, 0) is 4.84 Å². The summed E-state index contributed by atoms with van der Waals surface area (Å²) >= 11 is 0. The van der Waals surface area contributed by atoms with Gasteiger partial charge in [0.05, 0.1) is 11.3 Å². The first-order valence-electron chi connectivity index (χ1n) is 8.16. The molecular formula is C20H21NO2+. The predicted octanol–water partition coefficient (Wildman–Crippen LogP) is 4.84. The van der Waals surface area contributed by atoms with Crippen LogP contribution >= 0.6 is 0 Å². The Kier molecular flexibility index (Phi) is 4.89. The van der Waals surface area contributed by atoms with E-state index in [-0.39, 0.29) is 5.97 Å². The van der Waals surface area contributed by atoms with Gasteiger partial charge in [-0.2, -0.15) is 4.84 Å². The molecule has 0 atom stereocenters. The lowest BCUT2D eigenvalue weighted by Gasteiger charge is -2.05. The Morgan fingerprint density at radius 1 is 0.957 bits per heavy atom. The molecule has 0 amide bonds. The molecule has 117 valence electrons. The van der Waals surface area contributed by atoms with Crippen molar-refractivity contribution < 1.29 is 9.63 Å². The smallest absolute Gasteiger partial charge is 0.195 e. The van der Waals surface area contributed by atoms with Gasteiger partial charge in [-0.3, -0.25) is 0 Å². The Balaban J connectivity index is 1.95. The first-order valence-corrected chi connectivity index (χ1v) is 8.16. The molecular weight excluding hydrogens is 286 g/mol. The Morgan fingerprint density at radius 3 is 2.17 bits per heavy atom. The maximum absolute atomic E-state index is 12.6. The second-order valence-corrected chi connectivity index (χ2v) is 5.68. The third-order valence-electron chi connectivity index (χ3n) is 4.02. The first-order chi connectivity index (χ1) is 11.3. The summed E-state index contributed by atoms with van der Waals surface area (Å²) in [7, 11) is 0. The lowest BCUT2D eigenvalue weighted by atomic mass is 9.97. The Bertz CT molecular complexity index is 772. The molecule has 3 aromatic rings. The van der Waals surface area contributed by atoms with Gasteiger partial charge in [0.25, 0.3) is 0 Å². The molecule has 0 saturated heterocycles. The van der Waals surface area contributed by atoms with Crippen molar-refractivity contribution in [2.24, 2.45) is 0 Å². The standard InChI is InChI=1S/C20H21NO2/c1-2-3-8-13-21-23-20(22)19-17-11-6-4-9-15(17)14-16-10-5-7-12-18(16)19/h4-7,9-12,14,21H,2-3,8,13H2,1H3/q+1. The van der Waals surface area contributed by atoms with Crippen LogP contribution in [0.1, 0.15) is 36.5 Å². The van der Waals surface area contributed by atoms with Gasteiger partial charge in [-0.05, 0) is 23.3 Å². The van der Waals surface area contributed by atoms with E-state index in [0.717, 1.165) is 40.8 Å². The highest BCUT2D eigenvalue weighted by Crippen LogP contribution is 2.28. The second-order valence-electron chi connectivity index (χ2n) is 5.68. The van der Waals surface area contributed by atoms with Crippen molar-refractivity contribution in [3.8, 4) is 0 Å². The van der Waals surface area contributed by atoms with Crippen molar-refractivity contribution in [1.29, 1.82) is 0 Å². The van der Waals surface area contributed by atoms with Crippen LogP contribution in [0.3, 0.4) is 0 Å². The molecule has 0 bridgehead atoms. The molecule has 3 heteroatoms. The number of rotatable bonds is 6. The van der Waals surface area contributed by atoms with Gasteiger partial charge in [0.15, 0.2) is 0 Å². The number of hydrogen-bond acceptors (Lipinski definition) is 3. The summed E-state index contributed by atoms with van der Waals surface area (Å²) in [4.78, 5) is 17.9. The topological polar surface area (TPSA) is 41.2 Å². The zero-order valence-corrected chi connectivity index (χ0v) is 13.3. The van der Waals surface area contributed by atoms with E-state index in [4.69, 9.17) is 4.84 Å². The Labute approximate surface area is 136 Å². The molecule has 23 heavy (non-hydrogen) atoms. The van der Waals surface area contributed by atoms with Crippen LogP contribution in [0.25, 0.3) is 21.5 Å². The van der Waals surface area contributed by atoms with Gasteiger partial charge in [0, 0.05) is 10.8 Å². The molecule has 0 fully saturated rings. The number of nitrogens with one attached hydrogen (secondary N) is 1. The zero-order chi connectivity index (χ0) is 16.1. The van der Waals surface area contributed by atoms with E-state index in [2.05, 4.69) is 18.5 Å². The van der Waals surface area contributed by atoms with Crippen molar-refractivity contribution in [2.45, 2.75) is 26.2 Å². The molecule has 0 spiro atoms. The molecule has 0 aliphatic rings. The number of carbonyl (C=O) groups is 1. The normalized spacial score (nSPS) is 11.0. The van der Waals surface area contributed by atoms with Gasteiger partial charge in [-0.1, -0.05) is 73.8 Å². The van der Waals surface area contributed by atoms with Crippen LogP contribution in [-0.4, -0.2) is 12.5 Å². The van der Waals surface area contributed by atoms with Crippen molar-refractivity contribution in [1.82, 2.24) is 5.48 Å². The largest absolute Gasteiger partial charge is 0.632 e. The van der Waals surface area contributed by atoms with Crippen molar-refractivity contribution in [2.75, 3.05) is 6.54 Å². The number of benzene rings is 3. The molecule has 1 N–H and O–H groups in total. The number of carbonyl (C=O) groups excluding carboxylic acids is 1. The van der Waals surface area contributed by atoms with E-state index in [0.29, 0.717) is 12.1 Å². The molecule has 0 aromatic heterocycles. The van der Waals surface area contributed by atoms with Crippen LogP contribution in [0.5, 0.6) is 0 Å². The highest BCUT2D eigenvalue weighted by atomic mass is 16.7. The lowest BCUT2D eigenvalue weighted by Crippen LogP contribution is -2.21. The summed E-state index contributed by atoms with van der Waals surface area (Å²) in [6.07, 6.45) is 3.27. The zero-order valence-electron chi connectivity index (χ0n) is 13.3. The summed E-state index contributed by atoms with van der Waals surface area (Å²) in [6, 6.07) is 17.9. The van der Waals surface area contributed by atoms with Gasteiger partial charge in [-0.15, -0.1) is 0 Å². The van der Waals surface area contributed by atoms with Crippen molar-refractivity contribution >= 4 is 27.5 Å². The van der Waals surface area contributed by atoms with Crippen molar-refractivity contribution in [3.05, 3.63) is 60.2 Å². The van der Waals surface area contributed by atoms with E-state index in [1.165, 1.54) is 0 Å². The van der Waals surface area contributed by atoms with Gasteiger partial charge in [0.2, 0.25) is 0 Å². The van der Waals surface area contributed by atoms with E-state index in [1.54, 1.807) is 0 Å². The molecule has 3 aromatic carbocycles. The van der Waals surface area contributed by atoms with Crippen LogP contribution < -0.4 is 5.48 Å². The van der Waals surface area contributed by atoms with Gasteiger partial charge < -0.3 is 0 Å². The number of hydroxylamine groups is 1. The molecule has 0 aliphatic heterocycles. The highest BCUT2D eigenvalue weighted by molar-refractivity contribution is 6.16. The molecule has 3 rings (SSSR count). The van der Waals surface area contributed by atoms with Crippen molar-refractivity contribution in [3.63, 3.8) is 0 Å². The summed E-state index contributed by atoms with van der Waals surface area (Å²) < 4.78 is 0. The van der Waals surface area contributed by atoms with Crippen LogP contribution in [0.4, 0.5) is 0 Å². The maximum Gasteiger partial charge on any atom is 0.632 e. The summed E-state index contributed by atoms with van der Waals surface area (Å²) in [5.74, 6) is -0.325. The summed E-state index contributed by atoms with van der Waals surface area (Å²) in [6.45, 7) is 2.83. The molecule has 0 saturated carbocycles. The molecule has 0 aliphatic carbocycles. The van der Waals surface area contributed by atoms with Gasteiger partial charge in [0.1, 0.15) is 5.56 Å². The summed E-state index contributed by atoms with van der Waals surface area (Å²) in [5, 5.41) is 3.94. The summed E-state index contributed by atoms with van der Waals surface area (Å²) in [5.41, 5.74) is 3.42. The Morgan fingerprint density at radius 2 is 1.57 bits per heavy atom. The molecule has 0 unspecified atom stereocenters. The maximum atomic E-state index is 12.6.